The first kappa shape index (κ1) is 13.6. The lowest BCUT2D eigenvalue weighted by Crippen LogP contribution is -2.51. The lowest BCUT2D eigenvalue weighted by molar-refractivity contribution is -0.139. The molecule has 1 unspecified atom stereocenters. The highest BCUT2D eigenvalue weighted by molar-refractivity contribution is 5.77. The maximum Gasteiger partial charge on any atom is 0.222 e. The maximum atomic E-state index is 12.2. The zero-order chi connectivity index (χ0) is 14.0. The summed E-state index contributed by atoms with van der Waals surface area (Å²) >= 11 is 0. The first-order chi connectivity index (χ1) is 9.69. The van der Waals surface area contributed by atoms with Crippen LogP contribution in [0.4, 0.5) is 0 Å². The van der Waals surface area contributed by atoms with Gasteiger partial charge in [0.2, 0.25) is 5.91 Å². The Bertz CT molecular complexity index is 450. The number of carbonyl (C=O) groups is 1. The van der Waals surface area contributed by atoms with E-state index in [1.54, 1.807) is 6.20 Å². The lowest BCUT2D eigenvalue weighted by Gasteiger charge is -2.45. The summed E-state index contributed by atoms with van der Waals surface area (Å²) < 4.78 is 2.08. The normalized spacial score (nSPS) is 24.1. The molecule has 2 saturated heterocycles. The van der Waals surface area contributed by atoms with E-state index in [0.717, 1.165) is 39.0 Å². The number of amides is 1. The highest BCUT2D eigenvalue weighted by Gasteiger charge is 2.39. The minimum absolute atomic E-state index is 0.290. The van der Waals surface area contributed by atoms with Crippen LogP contribution in [0.15, 0.2) is 18.7 Å². The van der Waals surface area contributed by atoms with Gasteiger partial charge in [0.25, 0.3) is 0 Å². The molecular formula is C15H24N4O. The van der Waals surface area contributed by atoms with Crippen molar-refractivity contribution in [3.05, 3.63) is 18.7 Å². The van der Waals surface area contributed by atoms with Crippen LogP contribution in [-0.4, -0.2) is 46.5 Å². The van der Waals surface area contributed by atoms with Crippen molar-refractivity contribution in [1.29, 1.82) is 0 Å². The van der Waals surface area contributed by atoms with E-state index in [1.807, 2.05) is 12.5 Å². The smallest absolute Gasteiger partial charge is 0.222 e. The maximum absolute atomic E-state index is 12.2. The average Bonchev–Trinajstić information content (AvgIpc) is 2.98. The van der Waals surface area contributed by atoms with Crippen molar-refractivity contribution in [2.24, 2.45) is 5.41 Å². The van der Waals surface area contributed by atoms with Crippen LogP contribution < -0.4 is 5.32 Å². The van der Waals surface area contributed by atoms with Crippen LogP contribution in [0.5, 0.6) is 0 Å². The summed E-state index contributed by atoms with van der Waals surface area (Å²) in [5.41, 5.74) is 0.369. The molecule has 3 heterocycles. The van der Waals surface area contributed by atoms with E-state index in [0.29, 0.717) is 17.4 Å². The van der Waals surface area contributed by atoms with Crippen LogP contribution in [0.25, 0.3) is 0 Å². The van der Waals surface area contributed by atoms with Crippen molar-refractivity contribution in [3.8, 4) is 0 Å². The van der Waals surface area contributed by atoms with Crippen molar-refractivity contribution in [3.63, 3.8) is 0 Å². The molecule has 1 aromatic heterocycles. The second-order valence-corrected chi connectivity index (χ2v) is 6.38. The third-order valence-electron chi connectivity index (χ3n) is 4.93. The van der Waals surface area contributed by atoms with E-state index in [9.17, 15) is 4.79 Å². The minimum atomic E-state index is 0.290. The van der Waals surface area contributed by atoms with Crippen molar-refractivity contribution < 1.29 is 4.79 Å². The number of likely N-dealkylation sites (tertiary alicyclic amines) is 1. The third kappa shape index (κ3) is 2.73. The molecule has 1 amide bonds. The molecule has 2 fully saturated rings. The van der Waals surface area contributed by atoms with Crippen LogP contribution >= 0.6 is 0 Å². The van der Waals surface area contributed by atoms with Crippen LogP contribution in [0.2, 0.25) is 0 Å². The summed E-state index contributed by atoms with van der Waals surface area (Å²) in [4.78, 5) is 18.4. The largest absolute Gasteiger partial charge is 0.340 e. The topological polar surface area (TPSA) is 50.2 Å². The Balaban J connectivity index is 1.66. The SMILES string of the molecule is CC(CN1CC2(CCNCC2)CCC1=O)n1ccnc1. The Kier molecular flexibility index (Phi) is 3.78. The lowest BCUT2D eigenvalue weighted by atomic mass is 9.72. The monoisotopic (exact) mass is 276 g/mol. The first-order valence-electron chi connectivity index (χ1n) is 7.64. The van der Waals surface area contributed by atoms with E-state index in [2.05, 4.69) is 26.7 Å². The van der Waals surface area contributed by atoms with E-state index >= 15 is 0 Å². The first-order valence-corrected chi connectivity index (χ1v) is 7.64. The Morgan fingerprint density at radius 3 is 2.90 bits per heavy atom. The zero-order valence-corrected chi connectivity index (χ0v) is 12.2. The summed E-state index contributed by atoms with van der Waals surface area (Å²) in [6, 6.07) is 0.290. The third-order valence-corrected chi connectivity index (χ3v) is 4.93. The van der Waals surface area contributed by atoms with Gasteiger partial charge in [0, 0.05) is 37.9 Å². The number of imidazole rings is 1. The van der Waals surface area contributed by atoms with Gasteiger partial charge < -0.3 is 14.8 Å². The molecule has 0 aromatic carbocycles. The van der Waals surface area contributed by atoms with Gasteiger partial charge >= 0.3 is 0 Å². The summed E-state index contributed by atoms with van der Waals surface area (Å²) in [7, 11) is 0. The molecule has 0 radical (unpaired) electrons. The highest BCUT2D eigenvalue weighted by Crippen LogP contribution is 2.38. The van der Waals surface area contributed by atoms with E-state index in [1.165, 1.54) is 12.8 Å². The number of carbonyl (C=O) groups excluding carboxylic acids is 1. The van der Waals surface area contributed by atoms with Crippen molar-refractivity contribution >= 4 is 5.91 Å². The molecule has 110 valence electrons. The van der Waals surface area contributed by atoms with Gasteiger partial charge in [0.05, 0.1) is 6.33 Å². The number of aromatic nitrogens is 2. The second-order valence-electron chi connectivity index (χ2n) is 6.38. The van der Waals surface area contributed by atoms with Crippen LogP contribution in [0, 0.1) is 5.41 Å². The van der Waals surface area contributed by atoms with Crippen LogP contribution in [0.1, 0.15) is 38.6 Å². The fraction of sp³-hybridized carbons (Fsp3) is 0.733. The molecule has 2 aliphatic rings. The van der Waals surface area contributed by atoms with Gasteiger partial charge in [-0.3, -0.25) is 4.79 Å². The van der Waals surface area contributed by atoms with E-state index in [-0.39, 0.29) is 0 Å². The van der Waals surface area contributed by atoms with Crippen LogP contribution in [-0.2, 0) is 4.79 Å². The van der Waals surface area contributed by atoms with Crippen molar-refractivity contribution in [2.75, 3.05) is 26.2 Å². The van der Waals surface area contributed by atoms with Gasteiger partial charge in [0.15, 0.2) is 0 Å². The number of hydrogen-bond donors (Lipinski definition) is 1. The summed E-state index contributed by atoms with van der Waals surface area (Å²) in [6.07, 6.45) is 9.80. The molecule has 0 aliphatic carbocycles. The molecule has 5 heteroatoms. The molecule has 3 rings (SSSR count). The summed E-state index contributed by atoms with van der Waals surface area (Å²) in [5, 5.41) is 3.43. The number of nitrogens with one attached hydrogen (secondary N) is 1. The Morgan fingerprint density at radius 1 is 1.40 bits per heavy atom. The van der Waals surface area contributed by atoms with E-state index < -0.39 is 0 Å². The molecule has 1 atom stereocenters. The molecule has 1 spiro atoms. The van der Waals surface area contributed by atoms with Gasteiger partial charge in [0.1, 0.15) is 0 Å². The average molecular weight is 276 g/mol. The highest BCUT2D eigenvalue weighted by atomic mass is 16.2. The molecule has 1 aromatic rings. The Labute approximate surface area is 120 Å². The molecule has 0 bridgehead atoms. The fourth-order valence-electron chi connectivity index (χ4n) is 3.58. The number of nitrogens with zero attached hydrogens (tertiary/aromatic N) is 3. The van der Waals surface area contributed by atoms with Gasteiger partial charge in [-0.2, -0.15) is 0 Å². The molecule has 2 aliphatic heterocycles. The molecule has 0 saturated carbocycles. The fourth-order valence-corrected chi connectivity index (χ4v) is 3.58. The quantitative estimate of drug-likeness (QED) is 0.909. The summed E-state index contributed by atoms with van der Waals surface area (Å²) in [5.74, 6) is 0.320. The predicted octanol–water partition coefficient (Wildman–Crippen LogP) is 1.44. The van der Waals surface area contributed by atoms with Crippen LogP contribution in [0.3, 0.4) is 0 Å². The van der Waals surface area contributed by atoms with Gasteiger partial charge in [-0.05, 0) is 44.7 Å². The Morgan fingerprint density at radius 2 is 2.20 bits per heavy atom. The van der Waals surface area contributed by atoms with Gasteiger partial charge in [-0.25, -0.2) is 4.98 Å². The number of piperidine rings is 2. The number of hydrogen-bond acceptors (Lipinski definition) is 3. The standard InChI is InChI=1S/C15H24N4O/c1-13(18-9-8-17-12-18)10-19-11-15(3-2-14(19)20)4-6-16-7-5-15/h8-9,12-13,16H,2-7,10-11H2,1H3. The Hall–Kier alpha value is -1.36. The molecule has 20 heavy (non-hydrogen) atoms. The van der Waals surface area contributed by atoms with E-state index in [4.69, 9.17) is 0 Å². The minimum Gasteiger partial charge on any atom is -0.340 e. The molecule has 1 N–H and O–H groups in total. The van der Waals surface area contributed by atoms with Crippen molar-refractivity contribution in [1.82, 2.24) is 19.8 Å². The predicted molar refractivity (Wildman–Crippen MR) is 77.3 cm³/mol. The molecule has 5 nitrogen and oxygen atoms in total. The summed E-state index contributed by atoms with van der Waals surface area (Å²) in [6.45, 7) is 6.08. The molecular weight excluding hydrogens is 252 g/mol. The van der Waals surface area contributed by atoms with Gasteiger partial charge in [-0.1, -0.05) is 0 Å². The number of rotatable bonds is 3. The second kappa shape index (κ2) is 5.56. The zero-order valence-electron chi connectivity index (χ0n) is 12.2. The van der Waals surface area contributed by atoms with Crippen molar-refractivity contribution in [2.45, 2.75) is 38.6 Å². The van der Waals surface area contributed by atoms with Gasteiger partial charge in [-0.15, -0.1) is 0 Å².